The molecule has 0 saturated heterocycles. The number of methoxy groups -OCH3 is 1. The van der Waals surface area contributed by atoms with Crippen molar-refractivity contribution in [3.63, 3.8) is 0 Å². The summed E-state index contributed by atoms with van der Waals surface area (Å²) in [5.41, 5.74) is 4.03. The van der Waals surface area contributed by atoms with Crippen molar-refractivity contribution < 1.29 is 9.53 Å². The van der Waals surface area contributed by atoms with Gasteiger partial charge in [0.25, 0.3) is 5.91 Å². The molecule has 6 nitrogen and oxygen atoms in total. The first kappa shape index (κ1) is 18.6. The van der Waals surface area contributed by atoms with Crippen LogP contribution in [-0.4, -0.2) is 23.0 Å². The molecule has 1 amide bonds. The molecule has 2 N–H and O–H groups in total. The lowest BCUT2D eigenvalue weighted by molar-refractivity contribution is 0.102. The molecular formula is C22H18N4O2S. The highest BCUT2D eigenvalue weighted by Gasteiger charge is 2.08. The van der Waals surface area contributed by atoms with Gasteiger partial charge >= 0.3 is 0 Å². The summed E-state index contributed by atoms with van der Waals surface area (Å²) in [5, 5.41) is 8.92. The van der Waals surface area contributed by atoms with E-state index in [1.165, 1.54) is 11.3 Å². The minimum absolute atomic E-state index is 0.169. The molecule has 4 aromatic rings. The SMILES string of the molecule is COc1ccc(C(=O)Nc2ccc(-c3csc(Nc4cccnc4)n3)cc2)cc1. The van der Waals surface area contributed by atoms with Gasteiger partial charge in [0.2, 0.25) is 0 Å². The van der Waals surface area contributed by atoms with E-state index in [-0.39, 0.29) is 5.91 Å². The van der Waals surface area contributed by atoms with Crippen molar-refractivity contribution in [3.05, 3.63) is 84.0 Å². The maximum Gasteiger partial charge on any atom is 0.255 e. The molecule has 2 heterocycles. The van der Waals surface area contributed by atoms with Crippen molar-refractivity contribution in [2.75, 3.05) is 17.7 Å². The van der Waals surface area contributed by atoms with Gasteiger partial charge in [0.15, 0.2) is 5.13 Å². The van der Waals surface area contributed by atoms with E-state index in [9.17, 15) is 4.79 Å². The van der Waals surface area contributed by atoms with Crippen LogP contribution < -0.4 is 15.4 Å². The van der Waals surface area contributed by atoms with Gasteiger partial charge in [-0.05, 0) is 48.5 Å². The van der Waals surface area contributed by atoms with E-state index in [4.69, 9.17) is 4.74 Å². The number of thiazole rings is 1. The second-order valence-corrected chi connectivity index (χ2v) is 7.02. The molecule has 0 aliphatic carbocycles. The molecule has 0 spiro atoms. The number of hydrogen-bond donors (Lipinski definition) is 2. The van der Waals surface area contributed by atoms with Gasteiger partial charge in [-0.2, -0.15) is 0 Å². The van der Waals surface area contributed by atoms with Crippen LogP contribution in [0.15, 0.2) is 78.4 Å². The maximum absolute atomic E-state index is 12.4. The fraction of sp³-hybridized carbons (Fsp3) is 0.0455. The maximum atomic E-state index is 12.4. The van der Waals surface area contributed by atoms with Gasteiger partial charge in [0.1, 0.15) is 5.75 Å². The summed E-state index contributed by atoms with van der Waals surface area (Å²) < 4.78 is 5.11. The van der Waals surface area contributed by atoms with Crippen LogP contribution in [0.5, 0.6) is 5.75 Å². The highest BCUT2D eigenvalue weighted by molar-refractivity contribution is 7.14. The zero-order chi connectivity index (χ0) is 20.1. The normalized spacial score (nSPS) is 10.4. The van der Waals surface area contributed by atoms with Gasteiger partial charge in [-0.25, -0.2) is 4.98 Å². The van der Waals surface area contributed by atoms with Crippen molar-refractivity contribution in [2.24, 2.45) is 0 Å². The zero-order valence-corrected chi connectivity index (χ0v) is 16.4. The van der Waals surface area contributed by atoms with Gasteiger partial charge in [-0.15, -0.1) is 11.3 Å². The third-order valence-electron chi connectivity index (χ3n) is 4.21. The van der Waals surface area contributed by atoms with Crippen molar-refractivity contribution >= 4 is 33.8 Å². The molecule has 2 aromatic carbocycles. The van der Waals surface area contributed by atoms with Crippen LogP contribution in [0.25, 0.3) is 11.3 Å². The summed E-state index contributed by atoms with van der Waals surface area (Å²) in [6.45, 7) is 0. The monoisotopic (exact) mass is 402 g/mol. The van der Waals surface area contributed by atoms with Crippen LogP contribution in [0.1, 0.15) is 10.4 Å². The van der Waals surface area contributed by atoms with Crippen LogP contribution >= 0.6 is 11.3 Å². The molecule has 0 atom stereocenters. The highest BCUT2D eigenvalue weighted by Crippen LogP contribution is 2.28. The van der Waals surface area contributed by atoms with Crippen molar-refractivity contribution in [2.45, 2.75) is 0 Å². The predicted octanol–water partition coefficient (Wildman–Crippen LogP) is 5.21. The molecule has 7 heteroatoms. The Hall–Kier alpha value is -3.71. The van der Waals surface area contributed by atoms with Crippen LogP contribution in [-0.2, 0) is 0 Å². The Balaban J connectivity index is 1.42. The Bertz CT molecular complexity index is 1090. The number of carbonyl (C=O) groups excluding carboxylic acids is 1. The summed E-state index contributed by atoms with van der Waals surface area (Å²) >= 11 is 1.52. The number of carbonyl (C=O) groups is 1. The first-order chi connectivity index (χ1) is 14.2. The summed E-state index contributed by atoms with van der Waals surface area (Å²) in [6, 6.07) is 18.4. The first-order valence-electron chi connectivity index (χ1n) is 8.90. The minimum atomic E-state index is -0.169. The molecule has 0 aliphatic rings. The second kappa shape index (κ2) is 8.53. The summed E-state index contributed by atoms with van der Waals surface area (Å²) in [4.78, 5) is 21.1. The highest BCUT2D eigenvalue weighted by atomic mass is 32.1. The summed E-state index contributed by atoms with van der Waals surface area (Å²) in [7, 11) is 1.59. The Kier molecular flexibility index (Phi) is 5.49. The quantitative estimate of drug-likeness (QED) is 0.463. The predicted molar refractivity (Wildman–Crippen MR) is 116 cm³/mol. The summed E-state index contributed by atoms with van der Waals surface area (Å²) in [5.74, 6) is 0.545. The molecule has 0 unspecified atom stereocenters. The summed E-state index contributed by atoms with van der Waals surface area (Å²) in [6.07, 6.45) is 3.48. The number of ether oxygens (including phenoxy) is 1. The number of pyridine rings is 1. The van der Waals surface area contributed by atoms with Crippen LogP contribution in [0, 0.1) is 0 Å². The van der Waals surface area contributed by atoms with Crippen molar-refractivity contribution in [1.29, 1.82) is 0 Å². The minimum Gasteiger partial charge on any atom is -0.497 e. The number of hydrogen-bond acceptors (Lipinski definition) is 6. The third-order valence-corrected chi connectivity index (χ3v) is 4.97. The number of benzene rings is 2. The molecule has 4 rings (SSSR count). The van der Waals surface area contributed by atoms with Gasteiger partial charge in [-0.1, -0.05) is 12.1 Å². The largest absolute Gasteiger partial charge is 0.497 e. The molecular weight excluding hydrogens is 384 g/mol. The average molecular weight is 402 g/mol. The lowest BCUT2D eigenvalue weighted by Crippen LogP contribution is -2.11. The smallest absolute Gasteiger partial charge is 0.255 e. The molecule has 0 bridgehead atoms. The lowest BCUT2D eigenvalue weighted by Gasteiger charge is -2.07. The Morgan fingerprint density at radius 3 is 2.48 bits per heavy atom. The van der Waals surface area contributed by atoms with Gasteiger partial charge < -0.3 is 15.4 Å². The zero-order valence-electron chi connectivity index (χ0n) is 15.6. The van der Waals surface area contributed by atoms with E-state index < -0.39 is 0 Å². The van der Waals surface area contributed by atoms with E-state index in [1.54, 1.807) is 43.8 Å². The van der Waals surface area contributed by atoms with Gasteiger partial charge in [-0.3, -0.25) is 9.78 Å². The number of amides is 1. The number of nitrogens with zero attached hydrogens (tertiary/aromatic N) is 2. The molecule has 2 aromatic heterocycles. The number of aromatic nitrogens is 2. The Morgan fingerprint density at radius 1 is 1.00 bits per heavy atom. The first-order valence-corrected chi connectivity index (χ1v) is 9.78. The van der Waals surface area contributed by atoms with Crippen LogP contribution in [0.3, 0.4) is 0 Å². The molecule has 144 valence electrons. The Labute approximate surface area is 172 Å². The van der Waals surface area contributed by atoms with E-state index in [0.717, 1.165) is 27.8 Å². The topological polar surface area (TPSA) is 76.1 Å². The van der Waals surface area contributed by atoms with Gasteiger partial charge in [0.05, 0.1) is 24.7 Å². The van der Waals surface area contributed by atoms with Crippen molar-refractivity contribution in [1.82, 2.24) is 9.97 Å². The number of rotatable bonds is 6. The average Bonchev–Trinajstić information content (AvgIpc) is 3.23. The van der Waals surface area contributed by atoms with Gasteiger partial charge in [0, 0.05) is 28.4 Å². The van der Waals surface area contributed by atoms with Crippen LogP contribution in [0.2, 0.25) is 0 Å². The molecule has 0 radical (unpaired) electrons. The molecule has 29 heavy (non-hydrogen) atoms. The third kappa shape index (κ3) is 4.59. The van der Waals surface area contributed by atoms with E-state index in [2.05, 4.69) is 20.6 Å². The number of anilines is 3. The molecule has 0 fully saturated rings. The lowest BCUT2D eigenvalue weighted by atomic mass is 10.1. The standard InChI is InChI=1S/C22H18N4O2S/c1-28-19-10-6-16(7-11-19)21(27)24-17-8-4-15(5-9-17)20-14-29-22(26-20)25-18-3-2-12-23-13-18/h2-14H,1H3,(H,24,27)(H,25,26). The number of nitrogens with one attached hydrogen (secondary N) is 2. The second-order valence-electron chi connectivity index (χ2n) is 6.16. The van der Waals surface area contributed by atoms with Crippen LogP contribution in [0.4, 0.5) is 16.5 Å². The van der Waals surface area contributed by atoms with E-state index in [0.29, 0.717) is 11.3 Å². The fourth-order valence-electron chi connectivity index (χ4n) is 2.69. The van der Waals surface area contributed by atoms with E-state index in [1.807, 2.05) is 41.8 Å². The van der Waals surface area contributed by atoms with Crippen molar-refractivity contribution in [3.8, 4) is 17.0 Å². The Morgan fingerprint density at radius 2 is 1.79 bits per heavy atom. The molecule has 0 aliphatic heterocycles. The fourth-order valence-corrected chi connectivity index (χ4v) is 3.43. The van der Waals surface area contributed by atoms with E-state index >= 15 is 0 Å². The molecule has 0 saturated carbocycles.